The number of hydrogen-bond acceptors (Lipinski definition) is 5. The van der Waals surface area contributed by atoms with Crippen LogP contribution in [-0.4, -0.2) is 55.1 Å². The zero-order valence-corrected chi connectivity index (χ0v) is 17.2. The van der Waals surface area contributed by atoms with E-state index >= 15 is 0 Å². The van der Waals surface area contributed by atoms with Crippen LogP contribution in [0.4, 0.5) is 5.69 Å². The molecule has 1 fully saturated rings. The number of morpholine rings is 1. The second-order valence-electron chi connectivity index (χ2n) is 6.27. The summed E-state index contributed by atoms with van der Waals surface area (Å²) < 4.78 is 5.25. The normalized spacial score (nSPS) is 13.9. The van der Waals surface area contributed by atoms with E-state index in [0.29, 0.717) is 41.9 Å². The van der Waals surface area contributed by atoms with Gasteiger partial charge in [-0.15, -0.1) is 0 Å². The Labute approximate surface area is 182 Å². The molecule has 0 unspecified atom stereocenters. The summed E-state index contributed by atoms with van der Waals surface area (Å²) >= 11 is 11.8. The molecule has 0 atom stereocenters. The molecule has 8 nitrogen and oxygen atoms in total. The first-order valence-electron chi connectivity index (χ1n) is 9.01. The second-order valence-corrected chi connectivity index (χ2v) is 7.11. The maximum absolute atomic E-state index is 12.7. The first-order chi connectivity index (χ1) is 14.5. The summed E-state index contributed by atoms with van der Waals surface area (Å²) in [4.78, 5) is 38.7. The van der Waals surface area contributed by atoms with Crippen LogP contribution in [0.25, 0.3) is 0 Å². The molecule has 0 saturated carbocycles. The minimum absolute atomic E-state index is 0.235. The largest absolute Gasteiger partial charge is 0.378 e. The Hall–Kier alpha value is -2.94. The van der Waals surface area contributed by atoms with E-state index in [0.717, 1.165) is 0 Å². The summed E-state index contributed by atoms with van der Waals surface area (Å²) in [5.41, 5.74) is 3.16. The molecule has 2 aromatic rings. The number of amides is 3. The van der Waals surface area contributed by atoms with Crippen LogP contribution in [0.5, 0.6) is 0 Å². The van der Waals surface area contributed by atoms with Crippen LogP contribution in [0, 0.1) is 0 Å². The first-order valence-corrected chi connectivity index (χ1v) is 9.77. The lowest BCUT2D eigenvalue weighted by Crippen LogP contribution is -2.41. The number of halogens is 2. The molecule has 0 spiro atoms. The van der Waals surface area contributed by atoms with Gasteiger partial charge in [0.15, 0.2) is 0 Å². The molecule has 0 radical (unpaired) electrons. The van der Waals surface area contributed by atoms with Gasteiger partial charge in [-0.25, -0.2) is 5.43 Å². The van der Waals surface area contributed by atoms with E-state index in [9.17, 15) is 14.4 Å². The van der Waals surface area contributed by atoms with Gasteiger partial charge in [-0.2, -0.15) is 5.10 Å². The maximum atomic E-state index is 12.7. The molecule has 1 saturated heterocycles. The molecule has 0 bridgehead atoms. The number of anilines is 1. The predicted molar refractivity (Wildman–Crippen MR) is 114 cm³/mol. The lowest BCUT2D eigenvalue weighted by atomic mass is 10.1. The van der Waals surface area contributed by atoms with Crippen LogP contribution < -0.4 is 10.7 Å². The van der Waals surface area contributed by atoms with Crippen molar-refractivity contribution < 1.29 is 19.1 Å². The van der Waals surface area contributed by atoms with E-state index < -0.39 is 11.8 Å². The van der Waals surface area contributed by atoms with E-state index in [4.69, 9.17) is 27.9 Å². The van der Waals surface area contributed by atoms with Gasteiger partial charge in [0.1, 0.15) is 0 Å². The van der Waals surface area contributed by atoms with Crippen molar-refractivity contribution in [3.05, 3.63) is 63.6 Å². The first kappa shape index (κ1) is 21.8. The quantitative estimate of drug-likeness (QED) is 0.426. The molecule has 0 aromatic heterocycles. The third kappa shape index (κ3) is 5.56. The summed E-state index contributed by atoms with van der Waals surface area (Å²) in [5, 5.41) is 6.99. The number of carbonyl (C=O) groups is 3. The third-order valence-corrected chi connectivity index (χ3v) is 4.80. The van der Waals surface area contributed by atoms with Crippen molar-refractivity contribution in [3.63, 3.8) is 0 Å². The summed E-state index contributed by atoms with van der Waals surface area (Å²) in [6.45, 7) is 1.84. The lowest BCUT2D eigenvalue weighted by Gasteiger charge is -2.27. The fraction of sp³-hybridized carbons (Fsp3) is 0.200. The minimum atomic E-state index is -0.995. The van der Waals surface area contributed by atoms with Crippen molar-refractivity contribution in [2.45, 2.75) is 0 Å². The highest BCUT2D eigenvalue weighted by Gasteiger charge is 2.22. The Morgan fingerprint density at radius 2 is 1.77 bits per heavy atom. The van der Waals surface area contributed by atoms with Gasteiger partial charge in [0, 0.05) is 23.7 Å². The molecular formula is C20H18Cl2N4O4. The Morgan fingerprint density at radius 3 is 2.50 bits per heavy atom. The number of carbonyl (C=O) groups excluding carboxylic acids is 3. The molecule has 0 aliphatic carbocycles. The van der Waals surface area contributed by atoms with Crippen LogP contribution in [0.2, 0.25) is 10.0 Å². The molecule has 2 aromatic carbocycles. The summed E-state index contributed by atoms with van der Waals surface area (Å²) in [5.74, 6) is -2.20. The van der Waals surface area contributed by atoms with Gasteiger partial charge < -0.3 is 15.0 Å². The summed E-state index contributed by atoms with van der Waals surface area (Å²) in [6, 6.07) is 11.2. The molecular weight excluding hydrogens is 431 g/mol. The van der Waals surface area contributed by atoms with E-state index in [1.165, 1.54) is 12.3 Å². The van der Waals surface area contributed by atoms with Crippen LogP contribution >= 0.6 is 23.2 Å². The Kier molecular flexibility index (Phi) is 7.40. The van der Waals surface area contributed by atoms with Gasteiger partial charge in [-0.05, 0) is 24.3 Å². The predicted octanol–water partition coefficient (Wildman–Crippen LogP) is 2.55. The third-order valence-electron chi connectivity index (χ3n) is 4.24. The molecule has 10 heteroatoms. The van der Waals surface area contributed by atoms with E-state index in [1.54, 1.807) is 41.3 Å². The molecule has 3 rings (SSSR count). The summed E-state index contributed by atoms with van der Waals surface area (Å²) in [7, 11) is 0. The number of benzene rings is 2. The van der Waals surface area contributed by atoms with E-state index in [-0.39, 0.29) is 17.2 Å². The van der Waals surface area contributed by atoms with Crippen molar-refractivity contribution in [1.82, 2.24) is 10.3 Å². The average Bonchev–Trinajstić information content (AvgIpc) is 2.75. The van der Waals surface area contributed by atoms with E-state index in [2.05, 4.69) is 15.8 Å². The van der Waals surface area contributed by atoms with Crippen molar-refractivity contribution in [3.8, 4) is 0 Å². The topological polar surface area (TPSA) is 100 Å². The highest BCUT2D eigenvalue weighted by atomic mass is 35.5. The van der Waals surface area contributed by atoms with Gasteiger partial charge in [-0.3, -0.25) is 14.4 Å². The highest BCUT2D eigenvalue weighted by Crippen LogP contribution is 2.20. The van der Waals surface area contributed by atoms with E-state index in [1.807, 2.05) is 0 Å². The molecule has 1 aliphatic rings. The number of hydrazone groups is 1. The van der Waals surface area contributed by atoms with Crippen LogP contribution in [0.3, 0.4) is 0 Å². The number of ether oxygens (including phenoxy) is 1. The minimum Gasteiger partial charge on any atom is -0.378 e. The van der Waals surface area contributed by atoms with Crippen molar-refractivity contribution in [2.24, 2.45) is 5.10 Å². The van der Waals surface area contributed by atoms with Crippen molar-refractivity contribution in [1.29, 1.82) is 0 Å². The van der Waals surface area contributed by atoms with Gasteiger partial charge in [0.2, 0.25) is 0 Å². The number of rotatable bonds is 4. The van der Waals surface area contributed by atoms with Crippen molar-refractivity contribution in [2.75, 3.05) is 31.6 Å². The number of para-hydroxylation sites is 1. The molecule has 156 valence electrons. The molecule has 3 amide bonds. The monoisotopic (exact) mass is 448 g/mol. The standard InChI is InChI=1S/C20H18Cl2N4O4/c21-14-6-5-13(16(22)11-14)12-23-25-19(28)18(27)24-17-4-2-1-3-15(17)20(29)26-7-9-30-10-8-26/h1-6,11-12H,7-10H2,(H,24,27)(H,25,28)/b23-12+. The zero-order chi connectivity index (χ0) is 21.5. The smallest absolute Gasteiger partial charge is 0.329 e. The fourth-order valence-electron chi connectivity index (χ4n) is 2.71. The number of nitrogens with zero attached hydrogens (tertiary/aromatic N) is 2. The van der Waals surface area contributed by atoms with Gasteiger partial charge in [0.25, 0.3) is 5.91 Å². The van der Waals surface area contributed by atoms with Gasteiger partial charge in [-0.1, -0.05) is 41.4 Å². The molecule has 1 aliphatic heterocycles. The molecule has 2 N–H and O–H groups in total. The zero-order valence-electron chi connectivity index (χ0n) is 15.7. The van der Waals surface area contributed by atoms with Crippen LogP contribution in [-0.2, 0) is 14.3 Å². The van der Waals surface area contributed by atoms with Gasteiger partial charge >= 0.3 is 11.8 Å². The Morgan fingerprint density at radius 1 is 1.03 bits per heavy atom. The Bertz CT molecular complexity index is 991. The maximum Gasteiger partial charge on any atom is 0.329 e. The number of nitrogens with one attached hydrogen (secondary N) is 2. The SMILES string of the molecule is O=C(N/N=C/c1ccc(Cl)cc1Cl)C(=O)Nc1ccccc1C(=O)N1CCOCC1. The average molecular weight is 449 g/mol. The second kappa shape index (κ2) is 10.2. The van der Waals surface area contributed by atoms with Gasteiger partial charge in [0.05, 0.1) is 35.7 Å². The van der Waals surface area contributed by atoms with Crippen molar-refractivity contribution >= 4 is 52.8 Å². The highest BCUT2D eigenvalue weighted by molar-refractivity contribution is 6.40. The number of hydrogen-bond donors (Lipinski definition) is 2. The molecule has 1 heterocycles. The van der Waals surface area contributed by atoms with Crippen LogP contribution in [0.15, 0.2) is 47.6 Å². The lowest BCUT2D eigenvalue weighted by molar-refractivity contribution is -0.136. The molecule has 30 heavy (non-hydrogen) atoms. The summed E-state index contributed by atoms with van der Waals surface area (Å²) in [6.07, 6.45) is 1.29. The Balaban J connectivity index is 1.63. The fourth-order valence-corrected chi connectivity index (χ4v) is 3.17. The van der Waals surface area contributed by atoms with Crippen LogP contribution in [0.1, 0.15) is 15.9 Å².